The molecule has 0 saturated heterocycles. The van der Waals surface area contributed by atoms with Gasteiger partial charge >= 0.3 is 0 Å². The lowest BCUT2D eigenvalue weighted by molar-refractivity contribution is -0.121. The normalized spacial score (nSPS) is 9.79. The van der Waals surface area contributed by atoms with Crippen molar-refractivity contribution in [3.63, 3.8) is 0 Å². The maximum atomic E-state index is 11.6. The van der Waals surface area contributed by atoms with Crippen LogP contribution in [0.1, 0.15) is 30.9 Å². The van der Waals surface area contributed by atoms with E-state index in [4.69, 9.17) is 0 Å². The highest BCUT2D eigenvalue weighted by Gasteiger charge is 2.01. The van der Waals surface area contributed by atoms with E-state index in [2.05, 4.69) is 41.8 Å². The number of rotatable bonds is 8. The largest absolute Gasteiger partial charge is 0.356 e. The summed E-state index contributed by atoms with van der Waals surface area (Å²) in [7, 11) is 1.92. The molecule has 3 nitrogen and oxygen atoms in total. The molecule has 1 aromatic carbocycles. The summed E-state index contributed by atoms with van der Waals surface area (Å²) < 4.78 is 0. The van der Waals surface area contributed by atoms with Crippen molar-refractivity contribution in [2.24, 2.45) is 0 Å². The van der Waals surface area contributed by atoms with Gasteiger partial charge in [0.2, 0.25) is 5.91 Å². The second-order valence-electron chi connectivity index (χ2n) is 4.48. The molecule has 19 heavy (non-hydrogen) atoms. The number of nitrogens with one attached hydrogen (secondary N) is 2. The molecule has 108 valence electrons. The van der Waals surface area contributed by atoms with E-state index in [9.17, 15) is 4.79 Å². The van der Waals surface area contributed by atoms with Crippen molar-refractivity contribution >= 4 is 18.3 Å². The van der Waals surface area contributed by atoms with Gasteiger partial charge in [-0.1, -0.05) is 31.2 Å². The summed E-state index contributed by atoms with van der Waals surface area (Å²) in [6.07, 6.45) is 3.44. The number of hydrogen-bond acceptors (Lipinski definition) is 2. The van der Waals surface area contributed by atoms with Crippen molar-refractivity contribution in [3.05, 3.63) is 35.4 Å². The van der Waals surface area contributed by atoms with Crippen LogP contribution in [-0.2, 0) is 17.6 Å². The third-order valence-corrected chi connectivity index (χ3v) is 3.00. The topological polar surface area (TPSA) is 41.1 Å². The van der Waals surface area contributed by atoms with E-state index in [0.717, 1.165) is 32.4 Å². The summed E-state index contributed by atoms with van der Waals surface area (Å²) in [6, 6.07) is 8.51. The first-order valence-electron chi connectivity index (χ1n) is 6.75. The average molecular weight is 285 g/mol. The molecule has 2 N–H and O–H groups in total. The van der Waals surface area contributed by atoms with Gasteiger partial charge in [0.05, 0.1) is 0 Å². The molecule has 0 aliphatic carbocycles. The van der Waals surface area contributed by atoms with Crippen LogP contribution in [0.4, 0.5) is 0 Å². The molecular weight excluding hydrogens is 260 g/mol. The maximum absolute atomic E-state index is 11.6. The van der Waals surface area contributed by atoms with Gasteiger partial charge in [-0.05, 0) is 44.0 Å². The lowest BCUT2D eigenvalue weighted by Gasteiger charge is -2.05. The van der Waals surface area contributed by atoms with Crippen LogP contribution in [0.25, 0.3) is 0 Å². The molecule has 0 spiro atoms. The lowest BCUT2D eigenvalue weighted by Crippen LogP contribution is -2.26. The average Bonchev–Trinajstić information content (AvgIpc) is 2.42. The van der Waals surface area contributed by atoms with E-state index >= 15 is 0 Å². The van der Waals surface area contributed by atoms with Crippen LogP contribution in [0, 0.1) is 0 Å². The minimum Gasteiger partial charge on any atom is -0.356 e. The number of carbonyl (C=O) groups excluding carboxylic acids is 1. The third-order valence-electron chi connectivity index (χ3n) is 3.00. The zero-order valence-corrected chi connectivity index (χ0v) is 12.7. The van der Waals surface area contributed by atoms with Gasteiger partial charge < -0.3 is 10.6 Å². The number of hydrogen-bond donors (Lipinski definition) is 2. The maximum Gasteiger partial charge on any atom is 0.220 e. The van der Waals surface area contributed by atoms with Gasteiger partial charge in [0.25, 0.3) is 0 Å². The van der Waals surface area contributed by atoms with Crippen LogP contribution in [0.5, 0.6) is 0 Å². The Hall–Kier alpha value is -1.06. The fourth-order valence-corrected chi connectivity index (χ4v) is 1.78. The number of halogens is 1. The van der Waals surface area contributed by atoms with E-state index in [1.54, 1.807) is 0 Å². The summed E-state index contributed by atoms with van der Waals surface area (Å²) in [5, 5.41) is 5.99. The molecule has 0 aliphatic rings. The smallest absolute Gasteiger partial charge is 0.220 e. The Kier molecular flexibility index (Phi) is 10.2. The van der Waals surface area contributed by atoms with Gasteiger partial charge in [-0.2, -0.15) is 0 Å². The van der Waals surface area contributed by atoms with E-state index < -0.39 is 0 Å². The highest BCUT2D eigenvalue weighted by Crippen LogP contribution is 2.07. The highest BCUT2D eigenvalue weighted by atomic mass is 35.5. The second kappa shape index (κ2) is 10.8. The van der Waals surface area contributed by atoms with Crippen LogP contribution in [0.15, 0.2) is 24.3 Å². The van der Waals surface area contributed by atoms with Gasteiger partial charge in [-0.25, -0.2) is 0 Å². The van der Waals surface area contributed by atoms with Crippen LogP contribution in [0.2, 0.25) is 0 Å². The minimum absolute atomic E-state index is 0. The Balaban J connectivity index is 0.00000324. The summed E-state index contributed by atoms with van der Waals surface area (Å²) >= 11 is 0. The summed E-state index contributed by atoms with van der Waals surface area (Å²) in [5.41, 5.74) is 2.58. The van der Waals surface area contributed by atoms with Crippen molar-refractivity contribution < 1.29 is 4.79 Å². The molecule has 1 aromatic rings. The Morgan fingerprint density at radius 1 is 1.11 bits per heavy atom. The molecule has 1 amide bonds. The number of amides is 1. The first kappa shape index (κ1) is 17.9. The van der Waals surface area contributed by atoms with Gasteiger partial charge in [-0.15, -0.1) is 12.4 Å². The van der Waals surface area contributed by atoms with E-state index in [1.807, 2.05) is 7.05 Å². The summed E-state index contributed by atoms with van der Waals surface area (Å²) in [4.78, 5) is 11.6. The zero-order chi connectivity index (χ0) is 13.2. The molecule has 4 heteroatoms. The molecule has 0 radical (unpaired) electrons. The lowest BCUT2D eigenvalue weighted by atomic mass is 10.1. The number of aryl methyl sites for hydroxylation is 2. The van der Waals surface area contributed by atoms with E-state index in [0.29, 0.717) is 6.42 Å². The molecule has 0 heterocycles. The van der Waals surface area contributed by atoms with Gasteiger partial charge in [0.1, 0.15) is 0 Å². The van der Waals surface area contributed by atoms with Crippen molar-refractivity contribution in [2.45, 2.75) is 32.6 Å². The van der Waals surface area contributed by atoms with E-state index in [1.165, 1.54) is 11.1 Å². The SMILES string of the molecule is CCc1ccc(CCC(=O)NCCCNC)cc1.Cl. The number of carbonyl (C=O) groups is 1. The Morgan fingerprint density at radius 2 is 1.74 bits per heavy atom. The standard InChI is InChI=1S/C15H24N2O.ClH/c1-3-13-5-7-14(8-6-13)9-10-15(18)17-12-4-11-16-2;/h5-8,16H,3-4,9-12H2,1-2H3,(H,17,18);1H. The van der Waals surface area contributed by atoms with Crippen LogP contribution >= 0.6 is 12.4 Å². The Morgan fingerprint density at radius 3 is 2.32 bits per heavy atom. The quantitative estimate of drug-likeness (QED) is 0.720. The molecule has 0 unspecified atom stereocenters. The molecule has 0 atom stereocenters. The number of benzene rings is 1. The van der Waals surface area contributed by atoms with Crippen molar-refractivity contribution in [2.75, 3.05) is 20.1 Å². The molecule has 0 saturated carbocycles. The first-order chi connectivity index (χ1) is 8.76. The molecule has 1 rings (SSSR count). The minimum atomic E-state index is 0. The molecular formula is C15H25ClN2O. The zero-order valence-electron chi connectivity index (χ0n) is 11.9. The molecule has 0 bridgehead atoms. The molecule has 0 fully saturated rings. The van der Waals surface area contributed by atoms with Gasteiger partial charge in [-0.3, -0.25) is 4.79 Å². The third kappa shape index (κ3) is 7.85. The predicted octanol–water partition coefficient (Wildman–Crippen LogP) is 2.33. The summed E-state index contributed by atoms with van der Waals surface area (Å²) in [5.74, 6) is 0.144. The fraction of sp³-hybridized carbons (Fsp3) is 0.533. The monoisotopic (exact) mass is 284 g/mol. The van der Waals surface area contributed by atoms with Crippen molar-refractivity contribution in [1.82, 2.24) is 10.6 Å². The Bertz CT molecular complexity index is 352. The van der Waals surface area contributed by atoms with Crippen LogP contribution < -0.4 is 10.6 Å². The van der Waals surface area contributed by atoms with Crippen molar-refractivity contribution in [3.8, 4) is 0 Å². The predicted molar refractivity (Wildman–Crippen MR) is 82.9 cm³/mol. The molecule has 0 aromatic heterocycles. The van der Waals surface area contributed by atoms with Gasteiger partial charge in [0, 0.05) is 13.0 Å². The van der Waals surface area contributed by atoms with Crippen LogP contribution in [0.3, 0.4) is 0 Å². The summed E-state index contributed by atoms with van der Waals surface area (Å²) in [6.45, 7) is 3.85. The Labute approximate surface area is 122 Å². The van der Waals surface area contributed by atoms with E-state index in [-0.39, 0.29) is 18.3 Å². The highest BCUT2D eigenvalue weighted by molar-refractivity contribution is 5.85. The van der Waals surface area contributed by atoms with Gasteiger partial charge in [0.15, 0.2) is 0 Å². The second-order valence-corrected chi connectivity index (χ2v) is 4.48. The first-order valence-corrected chi connectivity index (χ1v) is 6.75. The van der Waals surface area contributed by atoms with Crippen molar-refractivity contribution in [1.29, 1.82) is 0 Å². The van der Waals surface area contributed by atoms with Crippen LogP contribution in [-0.4, -0.2) is 26.0 Å². The molecule has 0 aliphatic heterocycles. The fourth-order valence-electron chi connectivity index (χ4n) is 1.78.